The first-order valence-corrected chi connectivity index (χ1v) is 9.06. The molecule has 0 aliphatic carbocycles. The van der Waals surface area contributed by atoms with Gasteiger partial charge in [-0.15, -0.1) is 0 Å². The van der Waals surface area contributed by atoms with Crippen LogP contribution in [0.5, 0.6) is 11.5 Å². The molecule has 2 atom stereocenters. The number of nitrogens with zero attached hydrogens (tertiary/aromatic N) is 1. The van der Waals surface area contributed by atoms with Gasteiger partial charge in [0.1, 0.15) is 11.5 Å². The Hall–Kier alpha value is -2.69. The number of ether oxygens (including phenoxy) is 1. The molecule has 138 valence electrons. The second kappa shape index (κ2) is 8.13. The molecule has 5 heteroatoms. The fourth-order valence-electron chi connectivity index (χ4n) is 3.54. The van der Waals surface area contributed by atoms with Crippen LogP contribution in [-0.4, -0.2) is 35.7 Å². The number of methoxy groups -OCH3 is 1. The quantitative estimate of drug-likeness (QED) is 0.857. The molecule has 0 aromatic heterocycles. The molecule has 1 aliphatic heterocycles. The van der Waals surface area contributed by atoms with E-state index in [2.05, 4.69) is 11.4 Å². The predicted molar refractivity (Wildman–Crippen MR) is 101 cm³/mol. The average molecular weight is 354 g/mol. The molecule has 1 saturated heterocycles. The molecule has 1 heterocycles. The van der Waals surface area contributed by atoms with Gasteiger partial charge in [0.15, 0.2) is 0 Å². The third-order valence-electron chi connectivity index (χ3n) is 4.84. The van der Waals surface area contributed by atoms with E-state index < -0.39 is 0 Å². The van der Waals surface area contributed by atoms with E-state index in [-0.39, 0.29) is 23.9 Å². The smallest absolute Gasteiger partial charge is 0.318 e. The highest BCUT2D eigenvalue weighted by Gasteiger charge is 2.30. The number of rotatable bonds is 5. The summed E-state index contributed by atoms with van der Waals surface area (Å²) in [5.41, 5.74) is 2.20. The van der Waals surface area contributed by atoms with Crippen molar-refractivity contribution in [1.29, 1.82) is 0 Å². The molecule has 0 radical (unpaired) electrons. The van der Waals surface area contributed by atoms with Crippen molar-refractivity contribution in [3.05, 3.63) is 59.7 Å². The fourth-order valence-corrected chi connectivity index (χ4v) is 3.54. The molecule has 2 amide bonds. The van der Waals surface area contributed by atoms with E-state index in [0.717, 1.165) is 42.7 Å². The summed E-state index contributed by atoms with van der Waals surface area (Å²) in [6.07, 6.45) is 2.69. The molecule has 1 aliphatic rings. The summed E-state index contributed by atoms with van der Waals surface area (Å²) in [5.74, 6) is 1.07. The molecule has 2 aromatic carbocycles. The minimum absolute atomic E-state index is 0.0126. The van der Waals surface area contributed by atoms with Crippen molar-refractivity contribution in [2.24, 2.45) is 0 Å². The first-order chi connectivity index (χ1) is 12.6. The number of phenols is 1. The lowest BCUT2D eigenvalue weighted by Gasteiger charge is -2.27. The molecule has 26 heavy (non-hydrogen) atoms. The van der Waals surface area contributed by atoms with Gasteiger partial charge in [0.2, 0.25) is 0 Å². The zero-order valence-electron chi connectivity index (χ0n) is 15.3. The van der Waals surface area contributed by atoms with E-state index in [9.17, 15) is 9.90 Å². The Morgan fingerprint density at radius 1 is 1.31 bits per heavy atom. The van der Waals surface area contributed by atoms with Crippen LogP contribution in [0, 0.1) is 0 Å². The molecule has 0 spiro atoms. The number of amides is 2. The van der Waals surface area contributed by atoms with Crippen LogP contribution in [0.3, 0.4) is 0 Å². The molecule has 2 N–H and O–H groups in total. The summed E-state index contributed by atoms with van der Waals surface area (Å²) in [6.45, 7) is 2.76. The Morgan fingerprint density at radius 2 is 2.08 bits per heavy atom. The summed E-state index contributed by atoms with van der Waals surface area (Å²) in [6, 6.07) is 15.1. The summed E-state index contributed by atoms with van der Waals surface area (Å²) in [5, 5.41) is 12.5. The van der Waals surface area contributed by atoms with E-state index in [1.807, 2.05) is 42.2 Å². The van der Waals surface area contributed by atoms with E-state index in [0.29, 0.717) is 0 Å². The number of aromatic hydroxyl groups is 1. The number of hydrogen-bond acceptors (Lipinski definition) is 3. The van der Waals surface area contributed by atoms with Crippen molar-refractivity contribution in [2.45, 2.75) is 38.3 Å². The Bertz CT molecular complexity index is 745. The van der Waals surface area contributed by atoms with Crippen molar-refractivity contribution in [1.82, 2.24) is 10.2 Å². The van der Waals surface area contributed by atoms with Crippen LogP contribution in [0.4, 0.5) is 4.79 Å². The van der Waals surface area contributed by atoms with E-state index >= 15 is 0 Å². The van der Waals surface area contributed by atoms with Crippen molar-refractivity contribution < 1.29 is 14.6 Å². The van der Waals surface area contributed by atoms with Crippen molar-refractivity contribution in [3.8, 4) is 11.5 Å². The second-order valence-electron chi connectivity index (χ2n) is 6.85. The van der Waals surface area contributed by atoms with Gasteiger partial charge in [-0.3, -0.25) is 0 Å². The van der Waals surface area contributed by atoms with Crippen molar-refractivity contribution in [2.75, 3.05) is 13.7 Å². The third-order valence-corrected chi connectivity index (χ3v) is 4.84. The van der Waals surface area contributed by atoms with Crippen LogP contribution in [-0.2, 0) is 6.42 Å². The predicted octanol–water partition coefficient (Wildman–Crippen LogP) is 3.88. The lowest BCUT2D eigenvalue weighted by molar-refractivity contribution is 0.189. The first kappa shape index (κ1) is 18.1. The number of urea groups is 1. The highest BCUT2D eigenvalue weighted by atomic mass is 16.5. The minimum Gasteiger partial charge on any atom is -0.508 e. The number of nitrogens with one attached hydrogen (secondary N) is 1. The molecular weight excluding hydrogens is 328 g/mol. The maximum atomic E-state index is 12.8. The van der Waals surface area contributed by atoms with E-state index in [1.54, 1.807) is 19.2 Å². The number of carbonyl (C=O) groups excluding carboxylic acids is 1. The normalized spacial score (nSPS) is 17.8. The molecule has 1 fully saturated rings. The molecule has 3 rings (SSSR count). The number of carbonyl (C=O) groups is 1. The van der Waals surface area contributed by atoms with Gasteiger partial charge in [-0.1, -0.05) is 24.3 Å². The topological polar surface area (TPSA) is 61.8 Å². The Balaban J connectivity index is 1.63. The molecule has 5 nitrogen and oxygen atoms in total. The summed E-state index contributed by atoms with van der Waals surface area (Å²) >= 11 is 0. The lowest BCUT2D eigenvalue weighted by atomic mass is 10.0. The summed E-state index contributed by atoms with van der Waals surface area (Å²) in [4.78, 5) is 14.7. The van der Waals surface area contributed by atoms with Crippen LogP contribution in [0.15, 0.2) is 48.5 Å². The Kier molecular flexibility index (Phi) is 5.66. The summed E-state index contributed by atoms with van der Waals surface area (Å²) in [7, 11) is 1.66. The second-order valence-corrected chi connectivity index (χ2v) is 6.85. The first-order valence-electron chi connectivity index (χ1n) is 9.06. The zero-order valence-corrected chi connectivity index (χ0v) is 15.3. The van der Waals surface area contributed by atoms with Gasteiger partial charge in [0.25, 0.3) is 0 Å². The standard InChI is InChI=1S/C21H26N2O3/c1-15(13-16-8-10-18(24)11-9-16)22-21(25)23-12-4-7-20(23)17-5-3-6-19(14-17)26-2/h3,5-6,8-11,14-15,20,24H,4,7,12-13H2,1-2H3,(H,22,25). The SMILES string of the molecule is COc1cccc(C2CCCN2C(=O)NC(C)Cc2ccc(O)cc2)c1. The van der Waals surface area contributed by atoms with Crippen LogP contribution >= 0.6 is 0 Å². The van der Waals surface area contributed by atoms with Gasteiger partial charge in [-0.25, -0.2) is 4.79 Å². The molecule has 0 saturated carbocycles. The van der Waals surface area contributed by atoms with Crippen LogP contribution < -0.4 is 10.1 Å². The monoisotopic (exact) mass is 354 g/mol. The van der Waals surface area contributed by atoms with Gasteiger partial charge < -0.3 is 20.1 Å². The zero-order chi connectivity index (χ0) is 18.5. The highest BCUT2D eigenvalue weighted by molar-refractivity contribution is 5.75. The van der Waals surface area contributed by atoms with Gasteiger partial charge in [0, 0.05) is 12.6 Å². The van der Waals surface area contributed by atoms with Gasteiger partial charge in [-0.05, 0) is 61.6 Å². The number of hydrogen-bond donors (Lipinski definition) is 2. The maximum Gasteiger partial charge on any atom is 0.318 e. The van der Waals surface area contributed by atoms with Crippen molar-refractivity contribution >= 4 is 6.03 Å². The summed E-state index contributed by atoms with van der Waals surface area (Å²) < 4.78 is 5.31. The van der Waals surface area contributed by atoms with E-state index in [4.69, 9.17) is 4.74 Å². The molecular formula is C21H26N2O3. The Morgan fingerprint density at radius 3 is 2.81 bits per heavy atom. The van der Waals surface area contributed by atoms with Gasteiger partial charge in [0.05, 0.1) is 13.2 Å². The number of likely N-dealkylation sites (tertiary alicyclic amines) is 1. The van der Waals surface area contributed by atoms with Gasteiger partial charge in [-0.2, -0.15) is 0 Å². The lowest BCUT2D eigenvalue weighted by Crippen LogP contribution is -2.44. The van der Waals surface area contributed by atoms with E-state index in [1.165, 1.54) is 0 Å². The van der Waals surface area contributed by atoms with Crippen molar-refractivity contribution in [3.63, 3.8) is 0 Å². The minimum atomic E-state index is -0.0263. The molecule has 0 bridgehead atoms. The highest BCUT2D eigenvalue weighted by Crippen LogP contribution is 2.33. The van der Waals surface area contributed by atoms with Gasteiger partial charge >= 0.3 is 6.03 Å². The Labute approximate surface area is 154 Å². The third kappa shape index (κ3) is 4.28. The molecule has 2 aromatic rings. The van der Waals surface area contributed by atoms with Crippen LogP contribution in [0.25, 0.3) is 0 Å². The van der Waals surface area contributed by atoms with Crippen LogP contribution in [0.1, 0.15) is 36.9 Å². The largest absolute Gasteiger partial charge is 0.508 e. The van der Waals surface area contributed by atoms with Crippen LogP contribution in [0.2, 0.25) is 0 Å². The maximum absolute atomic E-state index is 12.8. The number of benzene rings is 2. The number of phenolic OH excluding ortho intramolecular Hbond substituents is 1. The fraction of sp³-hybridized carbons (Fsp3) is 0.381. The molecule has 2 unspecified atom stereocenters. The average Bonchev–Trinajstić information content (AvgIpc) is 3.13.